The summed E-state index contributed by atoms with van der Waals surface area (Å²) < 4.78 is 0. The van der Waals surface area contributed by atoms with Gasteiger partial charge in [-0.15, -0.1) is 0 Å². The summed E-state index contributed by atoms with van der Waals surface area (Å²) >= 11 is 0. The number of aromatic nitrogens is 1. The van der Waals surface area contributed by atoms with Crippen LogP contribution in [0.2, 0.25) is 0 Å². The van der Waals surface area contributed by atoms with Gasteiger partial charge in [-0.2, -0.15) is 0 Å². The molecule has 1 aromatic heterocycles. The first-order valence-electron chi connectivity index (χ1n) is 7.25. The molecule has 2 aromatic rings. The van der Waals surface area contributed by atoms with E-state index >= 15 is 0 Å². The molecule has 0 aliphatic carbocycles. The lowest BCUT2D eigenvalue weighted by Gasteiger charge is -2.27. The van der Waals surface area contributed by atoms with Gasteiger partial charge in [-0.1, -0.05) is 18.2 Å². The molecule has 1 saturated heterocycles. The lowest BCUT2D eigenvalue weighted by Crippen LogP contribution is -2.44. The maximum atomic E-state index is 3.55. The van der Waals surface area contributed by atoms with Crippen LogP contribution >= 0.6 is 0 Å². The Morgan fingerprint density at radius 3 is 2.74 bits per heavy atom. The summed E-state index contributed by atoms with van der Waals surface area (Å²) in [5.41, 5.74) is 5.48. The van der Waals surface area contributed by atoms with Crippen LogP contribution in [0.1, 0.15) is 16.8 Å². The van der Waals surface area contributed by atoms with E-state index in [1.165, 1.54) is 40.8 Å². The van der Waals surface area contributed by atoms with Crippen LogP contribution in [0.5, 0.6) is 0 Å². The van der Waals surface area contributed by atoms with Gasteiger partial charge in [0.25, 0.3) is 0 Å². The van der Waals surface area contributed by atoms with Crippen molar-refractivity contribution in [2.24, 2.45) is 0 Å². The second kappa shape index (κ2) is 5.35. The van der Waals surface area contributed by atoms with Crippen LogP contribution in [-0.2, 0) is 6.42 Å². The highest BCUT2D eigenvalue weighted by Gasteiger charge is 2.11. The number of hydrogen-bond acceptors (Lipinski definition) is 2. The van der Waals surface area contributed by atoms with E-state index in [1.807, 2.05) is 0 Å². The Morgan fingerprint density at radius 1 is 1.16 bits per heavy atom. The van der Waals surface area contributed by atoms with Crippen molar-refractivity contribution in [1.29, 1.82) is 0 Å². The van der Waals surface area contributed by atoms with Crippen molar-refractivity contribution in [3.05, 3.63) is 35.0 Å². The zero-order valence-corrected chi connectivity index (χ0v) is 11.9. The average molecular weight is 257 g/mol. The van der Waals surface area contributed by atoms with Gasteiger partial charge in [-0.05, 0) is 31.4 Å². The predicted molar refractivity (Wildman–Crippen MR) is 80.8 cm³/mol. The molecular weight excluding hydrogens is 234 g/mol. The molecule has 3 heteroatoms. The molecule has 2 heterocycles. The van der Waals surface area contributed by atoms with Gasteiger partial charge < -0.3 is 15.2 Å². The number of nitrogens with zero attached hydrogens (tertiary/aromatic N) is 1. The lowest BCUT2D eigenvalue weighted by molar-refractivity contribution is 0.244. The van der Waals surface area contributed by atoms with Crippen molar-refractivity contribution >= 4 is 10.9 Å². The Hall–Kier alpha value is -1.32. The van der Waals surface area contributed by atoms with Gasteiger partial charge in [0.1, 0.15) is 0 Å². The summed E-state index contributed by atoms with van der Waals surface area (Å²) in [6.45, 7) is 10.1. The maximum Gasteiger partial charge on any atom is 0.0491 e. The van der Waals surface area contributed by atoms with E-state index in [0.29, 0.717) is 0 Å². The monoisotopic (exact) mass is 257 g/mol. The fraction of sp³-hybridized carbons (Fsp3) is 0.500. The number of aromatic amines is 1. The smallest absolute Gasteiger partial charge is 0.0491 e. The molecule has 0 radical (unpaired) electrons. The standard InChI is InChI=1S/C16H23N3/c1-12-13(2)18-16-14(4-3-5-15(12)16)6-9-19-10-7-17-8-11-19/h3-5,17-18H,6-11H2,1-2H3. The molecule has 19 heavy (non-hydrogen) atoms. The lowest BCUT2D eigenvalue weighted by atomic mass is 10.1. The zero-order valence-electron chi connectivity index (χ0n) is 11.9. The number of benzene rings is 1. The van der Waals surface area contributed by atoms with Gasteiger partial charge in [0, 0.05) is 49.3 Å². The van der Waals surface area contributed by atoms with Crippen molar-refractivity contribution in [3.8, 4) is 0 Å². The molecule has 0 atom stereocenters. The van der Waals surface area contributed by atoms with E-state index < -0.39 is 0 Å². The molecule has 3 nitrogen and oxygen atoms in total. The largest absolute Gasteiger partial charge is 0.358 e. The number of para-hydroxylation sites is 1. The van der Waals surface area contributed by atoms with E-state index in [4.69, 9.17) is 0 Å². The fourth-order valence-electron chi connectivity index (χ4n) is 2.97. The molecule has 3 rings (SSSR count). The second-order valence-electron chi connectivity index (χ2n) is 5.56. The quantitative estimate of drug-likeness (QED) is 0.883. The maximum absolute atomic E-state index is 3.55. The normalized spacial score (nSPS) is 17.2. The van der Waals surface area contributed by atoms with Gasteiger partial charge in [0.15, 0.2) is 0 Å². The van der Waals surface area contributed by atoms with Gasteiger partial charge >= 0.3 is 0 Å². The Morgan fingerprint density at radius 2 is 1.95 bits per heavy atom. The average Bonchev–Trinajstić information content (AvgIpc) is 2.74. The summed E-state index contributed by atoms with van der Waals surface area (Å²) in [5, 5.41) is 4.79. The number of hydrogen-bond donors (Lipinski definition) is 2. The third-order valence-corrected chi connectivity index (χ3v) is 4.34. The minimum atomic E-state index is 1.13. The van der Waals surface area contributed by atoms with E-state index in [9.17, 15) is 0 Å². The summed E-state index contributed by atoms with van der Waals surface area (Å²) in [7, 11) is 0. The first-order valence-corrected chi connectivity index (χ1v) is 7.25. The van der Waals surface area contributed by atoms with Gasteiger partial charge in [0.2, 0.25) is 0 Å². The topological polar surface area (TPSA) is 31.1 Å². The minimum absolute atomic E-state index is 1.13. The predicted octanol–water partition coefficient (Wildman–Crippen LogP) is 2.23. The van der Waals surface area contributed by atoms with E-state index in [0.717, 1.165) is 26.1 Å². The fourth-order valence-corrected chi connectivity index (χ4v) is 2.97. The molecule has 1 aromatic carbocycles. The summed E-state index contributed by atoms with van der Waals surface area (Å²) in [6, 6.07) is 6.68. The number of H-pyrrole nitrogens is 1. The van der Waals surface area contributed by atoms with Crippen molar-refractivity contribution in [2.45, 2.75) is 20.3 Å². The van der Waals surface area contributed by atoms with Crippen LogP contribution in [0.4, 0.5) is 0 Å². The number of nitrogens with one attached hydrogen (secondary N) is 2. The Labute approximate surface area is 115 Å². The first-order chi connectivity index (χ1) is 9.25. The molecule has 0 amide bonds. The van der Waals surface area contributed by atoms with Crippen LogP contribution < -0.4 is 5.32 Å². The third kappa shape index (κ3) is 2.53. The molecule has 1 aliphatic heterocycles. The number of piperazine rings is 1. The molecule has 0 unspecified atom stereocenters. The van der Waals surface area contributed by atoms with Crippen LogP contribution in [0.15, 0.2) is 18.2 Å². The zero-order chi connectivity index (χ0) is 13.2. The number of aryl methyl sites for hydroxylation is 2. The molecule has 0 saturated carbocycles. The Kier molecular flexibility index (Phi) is 3.58. The molecule has 102 valence electrons. The molecular formula is C16H23N3. The molecule has 0 bridgehead atoms. The molecule has 2 N–H and O–H groups in total. The highest BCUT2D eigenvalue weighted by Crippen LogP contribution is 2.24. The molecule has 0 spiro atoms. The first kappa shape index (κ1) is 12.7. The van der Waals surface area contributed by atoms with Crippen LogP contribution in [0, 0.1) is 13.8 Å². The van der Waals surface area contributed by atoms with Gasteiger partial charge in [0.05, 0.1) is 0 Å². The van der Waals surface area contributed by atoms with Crippen LogP contribution in [0.25, 0.3) is 10.9 Å². The summed E-state index contributed by atoms with van der Waals surface area (Å²) in [6.07, 6.45) is 1.14. The molecule has 1 fully saturated rings. The summed E-state index contributed by atoms with van der Waals surface area (Å²) in [4.78, 5) is 6.11. The van der Waals surface area contributed by atoms with E-state index in [-0.39, 0.29) is 0 Å². The third-order valence-electron chi connectivity index (χ3n) is 4.34. The van der Waals surface area contributed by atoms with E-state index in [2.05, 4.69) is 47.2 Å². The van der Waals surface area contributed by atoms with Crippen molar-refractivity contribution in [2.75, 3.05) is 32.7 Å². The Balaban J connectivity index is 1.78. The number of rotatable bonds is 3. The molecule has 1 aliphatic rings. The second-order valence-corrected chi connectivity index (χ2v) is 5.56. The minimum Gasteiger partial charge on any atom is -0.358 e. The SMILES string of the molecule is Cc1[nH]c2c(CCN3CCNCC3)cccc2c1C. The number of fused-ring (bicyclic) bond motifs is 1. The van der Waals surface area contributed by atoms with Gasteiger partial charge in [-0.25, -0.2) is 0 Å². The Bertz CT molecular complexity index is 565. The van der Waals surface area contributed by atoms with Crippen LogP contribution in [-0.4, -0.2) is 42.6 Å². The van der Waals surface area contributed by atoms with Crippen molar-refractivity contribution in [1.82, 2.24) is 15.2 Å². The van der Waals surface area contributed by atoms with Crippen LogP contribution in [0.3, 0.4) is 0 Å². The summed E-state index contributed by atoms with van der Waals surface area (Å²) in [5.74, 6) is 0. The van der Waals surface area contributed by atoms with Gasteiger partial charge in [-0.3, -0.25) is 0 Å². The van der Waals surface area contributed by atoms with E-state index in [1.54, 1.807) is 0 Å². The highest BCUT2D eigenvalue weighted by molar-refractivity contribution is 5.87. The van der Waals surface area contributed by atoms with Crippen molar-refractivity contribution < 1.29 is 0 Å². The highest BCUT2D eigenvalue weighted by atomic mass is 15.2. The van der Waals surface area contributed by atoms with Crippen molar-refractivity contribution in [3.63, 3.8) is 0 Å².